The summed E-state index contributed by atoms with van der Waals surface area (Å²) in [5.74, 6) is 1.04. The Labute approximate surface area is 126 Å². The minimum absolute atomic E-state index is 0.0911. The Balaban J connectivity index is 1.84. The second-order valence-electron chi connectivity index (χ2n) is 5.52. The van der Waals surface area contributed by atoms with Crippen molar-refractivity contribution in [1.82, 2.24) is 14.7 Å². The zero-order valence-corrected chi connectivity index (χ0v) is 12.2. The molecule has 1 fully saturated rings. The number of benzene rings is 1. The molecule has 6 heteroatoms. The van der Waals surface area contributed by atoms with Crippen LogP contribution in [0.25, 0.3) is 22.4 Å². The van der Waals surface area contributed by atoms with Crippen LogP contribution in [-0.2, 0) is 11.8 Å². The van der Waals surface area contributed by atoms with E-state index in [1.165, 1.54) is 0 Å². The zero-order chi connectivity index (χ0) is 15.1. The highest BCUT2D eigenvalue weighted by Gasteiger charge is 2.24. The fourth-order valence-electron chi connectivity index (χ4n) is 2.84. The van der Waals surface area contributed by atoms with Crippen LogP contribution in [0.2, 0.25) is 0 Å². The van der Waals surface area contributed by atoms with Crippen LogP contribution in [0.15, 0.2) is 39.8 Å². The van der Waals surface area contributed by atoms with Crippen molar-refractivity contribution in [1.29, 1.82) is 0 Å². The van der Waals surface area contributed by atoms with Crippen LogP contribution >= 0.6 is 0 Å². The summed E-state index contributed by atoms with van der Waals surface area (Å²) in [6.45, 7) is 1.32. The smallest absolute Gasteiger partial charge is 0.263 e. The molecule has 0 bridgehead atoms. The molecular weight excluding hydrogens is 282 g/mol. The van der Waals surface area contributed by atoms with Gasteiger partial charge in [-0.1, -0.05) is 17.3 Å². The minimum atomic E-state index is -0.0911. The number of pyridine rings is 1. The summed E-state index contributed by atoms with van der Waals surface area (Å²) >= 11 is 0. The van der Waals surface area contributed by atoms with Gasteiger partial charge in [-0.25, -0.2) is 0 Å². The molecule has 1 aliphatic heterocycles. The molecular formula is C16H15N3O3. The molecule has 112 valence electrons. The maximum absolute atomic E-state index is 12.6. The van der Waals surface area contributed by atoms with Crippen LogP contribution in [0.3, 0.4) is 0 Å². The summed E-state index contributed by atoms with van der Waals surface area (Å²) < 4.78 is 12.6. The number of rotatable bonds is 2. The monoisotopic (exact) mass is 297 g/mol. The van der Waals surface area contributed by atoms with E-state index in [9.17, 15) is 4.79 Å². The molecule has 3 heterocycles. The van der Waals surface area contributed by atoms with Gasteiger partial charge >= 0.3 is 0 Å². The van der Waals surface area contributed by atoms with Gasteiger partial charge in [-0.15, -0.1) is 0 Å². The van der Waals surface area contributed by atoms with Crippen molar-refractivity contribution in [2.75, 3.05) is 13.2 Å². The Morgan fingerprint density at radius 2 is 2.18 bits per heavy atom. The third-order valence-electron chi connectivity index (χ3n) is 4.06. The van der Waals surface area contributed by atoms with E-state index in [4.69, 9.17) is 9.26 Å². The highest BCUT2D eigenvalue weighted by atomic mass is 16.5. The third-order valence-corrected chi connectivity index (χ3v) is 4.06. The van der Waals surface area contributed by atoms with Crippen molar-refractivity contribution in [3.05, 3.63) is 46.5 Å². The molecule has 1 saturated heterocycles. The maximum Gasteiger partial charge on any atom is 0.263 e. The Hall–Kier alpha value is -2.47. The maximum atomic E-state index is 12.6. The van der Waals surface area contributed by atoms with Crippen molar-refractivity contribution in [3.8, 4) is 11.5 Å². The number of para-hydroxylation sites is 1. The average Bonchev–Trinajstić information content (AvgIpc) is 3.21. The van der Waals surface area contributed by atoms with Crippen molar-refractivity contribution < 1.29 is 9.26 Å². The topological polar surface area (TPSA) is 70.2 Å². The lowest BCUT2D eigenvalue weighted by Crippen LogP contribution is -2.10. The van der Waals surface area contributed by atoms with Crippen LogP contribution in [0, 0.1) is 0 Å². The number of hydrogen-bond donors (Lipinski definition) is 0. The van der Waals surface area contributed by atoms with E-state index in [0.717, 1.165) is 11.9 Å². The largest absolute Gasteiger partial charge is 0.381 e. The fraction of sp³-hybridized carbons (Fsp3) is 0.312. The summed E-state index contributed by atoms with van der Waals surface area (Å²) in [6.07, 6.45) is 2.63. The quantitative estimate of drug-likeness (QED) is 0.724. The third kappa shape index (κ3) is 2.03. The van der Waals surface area contributed by atoms with E-state index in [0.29, 0.717) is 30.0 Å². The van der Waals surface area contributed by atoms with Crippen molar-refractivity contribution in [2.24, 2.45) is 7.05 Å². The van der Waals surface area contributed by atoms with Gasteiger partial charge in [0, 0.05) is 31.2 Å². The SMILES string of the molecule is Cn1cc(-c2nc([C@H]3CCOC3)no2)c(=O)c2ccccc21. The molecule has 6 nitrogen and oxygen atoms in total. The summed E-state index contributed by atoms with van der Waals surface area (Å²) in [5, 5.41) is 4.66. The lowest BCUT2D eigenvalue weighted by Gasteiger charge is -2.06. The van der Waals surface area contributed by atoms with Gasteiger partial charge in [0.05, 0.1) is 12.1 Å². The molecule has 0 spiro atoms. The Morgan fingerprint density at radius 1 is 1.32 bits per heavy atom. The molecule has 0 saturated carbocycles. The molecule has 0 aliphatic carbocycles. The lowest BCUT2D eigenvalue weighted by atomic mass is 10.1. The summed E-state index contributed by atoms with van der Waals surface area (Å²) in [7, 11) is 1.90. The predicted octanol–water partition coefficient (Wildman–Crippen LogP) is 2.09. The average molecular weight is 297 g/mol. The number of fused-ring (bicyclic) bond motifs is 1. The lowest BCUT2D eigenvalue weighted by molar-refractivity contribution is 0.192. The van der Waals surface area contributed by atoms with Crippen LogP contribution in [0.4, 0.5) is 0 Å². The molecule has 0 amide bonds. The second kappa shape index (κ2) is 5.06. The van der Waals surface area contributed by atoms with Crippen molar-refractivity contribution in [3.63, 3.8) is 0 Å². The first-order chi connectivity index (χ1) is 10.7. The number of aryl methyl sites for hydroxylation is 1. The van der Waals surface area contributed by atoms with Crippen LogP contribution in [0.1, 0.15) is 18.2 Å². The highest BCUT2D eigenvalue weighted by molar-refractivity contribution is 5.82. The van der Waals surface area contributed by atoms with Gasteiger partial charge in [-0.3, -0.25) is 4.79 Å². The molecule has 0 N–H and O–H groups in total. The number of hydrogen-bond acceptors (Lipinski definition) is 5. The molecule has 22 heavy (non-hydrogen) atoms. The highest BCUT2D eigenvalue weighted by Crippen LogP contribution is 2.25. The number of nitrogens with zero attached hydrogens (tertiary/aromatic N) is 3. The van der Waals surface area contributed by atoms with Crippen LogP contribution in [0.5, 0.6) is 0 Å². The summed E-state index contributed by atoms with van der Waals surface area (Å²) in [6, 6.07) is 7.48. The summed E-state index contributed by atoms with van der Waals surface area (Å²) in [4.78, 5) is 17.0. The van der Waals surface area contributed by atoms with Gasteiger partial charge in [0.1, 0.15) is 5.56 Å². The normalized spacial score (nSPS) is 18.1. The second-order valence-corrected chi connectivity index (χ2v) is 5.52. The van der Waals surface area contributed by atoms with Gasteiger partial charge in [0.25, 0.3) is 5.89 Å². The van der Waals surface area contributed by atoms with Crippen molar-refractivity contribution in [2.45, 2.75) is 12.3 Å². The molecule has 0 radical (unpaired) electrons. The van der Waals surface area contributed by atoms with Gasteiger partial charge in [-0.2, -0.15) is 4.98 Å². The standard InChI is InChI=1S/C16H15N3O3/c1-19-8-12(14(20)11-4-2-3-5-13(11)19)16-17-15(18-22-16)10-6-7-21-9-10/h2-5,8,10H,6-7,9H2,1H3/t10-/m0/s1. The first-order valence-electron chi connectivity index (χ1n) is 7.24. The molecule has 1 aliphatic rings. The Morgan fingerprint density at radius 3 is 3.00 bits per heavy atom. The molecule has 3 aromatic rings. The Bertz CT molecular complexity index is 891. The molecule has 4 rings (SSSR count). The van der Waals surface area contributed by atoms with Gasteiger partial charge in [-0.05, 0) is 18.6 Å². The Kier molecular flexibility index (Phi) is 3.04. The van der Waals surface area contributed by atoms with E-state index in [-0.39, 0.29) is 17.2 Å². The van der Waals surface area contributed by atoms with Crippen LogP contribution < -0.4 is 5.43 Å². The molecule has 2 aromatic heterocycles. The number of ether oxygens (including phenoxy) is 1. The fourth-order valence-corrected chi connectivity index (χ4v) is 2.84. The number of aromatic nitrogens is 3. The van der Waals surface area contributed by atoms with Gasteiger partial charge in [0.15, 0.2) is 5.82 Å². The van der Waals surface area contributed by atoms with E-state index in [2.05, 4.69) is 10.1 Å². The molecule has 0 unspecified atom stereocenters. The van der Waals surface area contributed by atoms with Crippen molar-refractivity contribution >= 4 is 10.9 Å². The molecule has 1 aromatic carbocycles. The summed E-state index contributed by atoms with van der Waals surface area (Å²) in [5.41, 5.74) is 1.21. The molecule has 1 atom stereocenters. The van der Waals surface area contributed by atoms with Gasteiger partial charge in [0.2, 0.25) is 5.43 Å². The zero-order valence-electron chi connectivity index (χ0n) is 12.2. The first kappa shape index (κ1) is 13.2. The van der Waals surface area contributed by atoms with E-state index in [1.54, 1.807) is 6.20 Å². The predicted molar refractivity (Wildman–Crippen MR) is 80.7 cm³/mol. The van der Waals surface area contributed by atoms with E-state index in [1.807, 2.05) is 35.9 Å². The first-order valence-corrected chi connectivity index (χ1v) is 7.24. The van der Waals surface area contributed by atoms with E-state index >= 15 is 0 Å². The minimum Gasteiger partial charge on any atom is -0.381 e. The van der Waals surface area contributed by atoms with Crippen LogP contribution in [-0.4, -0.2) is 27.9 Å². The van der Waals surface area contributed by atoms with E-state index < -0.39 is 0 Å². The van der Waals surface area contributed by atoms with Gasteiger partial charge < -0.3 is 13.8 Å².